The van der Waals surface area contributed by atoms with E-state index in [1.54, 1.807) is 0 Å². The van der Waals surface area contributed by atoms with Crippen LogP contribution in [0.3, 0.4) is 0 Å². The first-order valence-corrected chi connectivity index (χ1v) is 7.32. The number of hydrogen-bond acceptors (Lipinski definition) is 4. The van der Waals surface area contributed by atoms with Crippen molar-refractivity contribution >= 4 is 35.9 Å². The normalized spacial score (nSPS) is 14.6. The van der Waals surface area contributed by atoms with E-state index in [1.165, 1.54) is 12.8 Å². The van der Waals surface area contributed by atoms with E-state index in [1.807, 2.05) is 19.9 Å². The Morgan fingerprint density at radius 2 is 2.09 bits per heavy atom. The Balaban J connectivity index is 0.00000242. The molecule has 0 aromatic carbocycles. The quantitative estimate of drug-likeness (QED) is 0.332. The van der Waals surface area contributed by atoms with Gasteiger partial charge in [-0.05, 0) is 32.8 Å². The fourth-order valence-electron chi connectivity index (χ4n) is 2.22. The number of guanidine groups is 1. The molecular formula is C15H25IN6. The first kappa shape index (κ1) is 18.7. The second-order valence-corrected chi connectivity index (χ2v) is 5.51. The molecule has 0 aliphatic carbocycles. The van der Waals surface area contributed by atoms with Crippen molar-refractivity contribution in [1.29, 1.82) is 0 Å². The highest BCUT2D eigenvalue weighted by Gasteiger charge is 2.15. The Morgan fingerprint density at radius 3 is 2.73 bits per heavy atom. The van der Waals surface area contributed by atoms with Crippen LogP contribution in [-0.2, 0) is 6.54 Å². The SMILES string of the molecule is C=C(C)CNC(N)=NCc1cc(C)nc(N2CCCC2)n1.I. The average molecular weight is 416 g/mol. The van der Waals surface area contributed by atoms with E-state index >= 15 is 0 Å². The summed E-state index contributed by atoms with van der Waals surface area (Å²) in [7, 11) is 0. The predicted octanol–water partition coefficient (Wildman–Crippen LogP) is 1.98. The summed E-state index contributed by atoms with van der Waals surface area (Å²) in [5.41, 5.74) is 8.68. The molecule has 0 spiro atoms. The predicted molar refractivity (Wildman–Crippen MR) is 102 cm³/mol. The van der Waals surface area contributed by atoms with Crippen molar-refractivity contribution in [3.8, 4) is 0 Å². The zero-order valence-corrected chi connectivity index (χ0v) is 15.6. The van der Waals surface area contributed by atoms with Crippen molar-refractivity contribution in [3.63, 3.8) is 0 Å². The Kier molecular flexibility index (Phi) is 7.57. The maximum atomic E-state index is 5.81. The van der Waals surface area contributed by atoms with E-state index in [9.17, 15) is 0 Å². The standard InChI is InChI=1S/C15H24N6.HI/c1-11(2)9-17-14(16)18-10-13-8-12(3)19-15(20-13)21-6-4-5-7-21;/h8H,1,4-7,9-10H2,2-3H3,(H3,16,17,18);1H. The Labute approximate surface area is 149 Å². The van der Waals surface area contributed by atoms with Crippen LogP contribution >= 0.6 is 24.0 Å². The molecule has 0 atom stereocenters. The van der Waals surface area contributed by atoms with Crippen molar-refractivity contribution < 1.29 is 0 Å². The number of hydrogen-bond donors (Lipinski definition) is 2. The molecule has 7 heteroatoms. The Morgan fingerprint density at radius 1 is 1.41 bits per heavy atom. The van der Waals surface area contributed by atoms with Gasteiger partial charge in [0.25, 0.3) is 0 Å². The van der Waals surface area contributed by atoms with Crippen LogP contribution in [0.25, 0.3) is 0 Å². The van der Waals surface area contributed by atoms with E-state index in [0.29, 0.717) is 19.0 Å². The van der Waals surface area contributed by atoms with Crippen LogP contribution in [0.5, 0.6) is 0 Å². The molecule has 122 valence electrons. The lowest BCUT2D eigenvalue weighted by Crippen LogP contribution is -2.32. The van der Waals surface area contributed by atoms with Crippen LogP contribution in [-0.4, -0.2) is 35.6 Å². The summed E-state index contributed by atoms with van der Waals surface area (Å²) in [6.45, 7) is 10.9. The number of nitrogens with two attached hydrogens (primary N) is 1. The highest BCUT2D eigenvalue weighted by Crippen LogP contribution is 2.16. The summed E-state index contributed by atoms with van der Waals surface area (Å²) in [6, 6.07) is 1.95. The highest BCUT2D eigenvalue weighted by atomic mass is 127. The van der Waals surface area contributed by atoms with Gasteiger partial charge in [0.15, 0.2) is 5.96 Å². The van der Waals surface area contributed by atoms with Crippen molar-refractivity contribution in [2.75, 3.05) is 24.5 Å². The largest absolute Gasteiger partial charge is 0.370 e. The summed E-state index contributed by atoms with van der Waals surface area (Å²) in [4.78, 5) is 15.6. The van der Waals surface area contributed by atoms with Gasteiger partial charge in [-0.15, -0.1) is 24.0 Å². The minimum absolute atomic E-state index is 0. The summed E-state index contributed by atoms with van der Waals surface area (Å²) >= 11 is 0. The third kappa shape index (κ3) is 5.78. The van der Waals surface area contributed by atoms with Gasteiger partial charge in [-0.3, -0.25) is 0 Å². The average Bonchev–Trinajstić information content (AvgIpc) is 2.96. The lowest BCUT2D eigenvalue weighted by molar-refractivity contribution is 0.852. The van der Waals surface area contributed by atoms with Crippen molar-refractivity contribution in [2.45, 2.75) is 33.2 Å². The van der Waals surface area contributed by atoms with Crippen molar-refractivity contribution in [2.24, 2.45) is 10.7 Å². The highest BCUT2D eigenvalue weighted by molar-refractivity contribution is 14.0. The van der Waals surface area contributed by atoms with E-state index in [0.717, 1.165) is 36.0 Å². The van der Waals surface area contributed by atoms with Gasteiger partial charge in [0.2, 0.25) is 5.95 Å². The summed E-state index contributed by atoms with van der Waals surface area (Å²) in [6.07, 6.45) is 2.42. The number of nitrogens with one attached hydrogen (secondary N) is 1. The molecule has 6 nitrogen and oxygen atoms in total. The van der Waals surface area contributed by atoms with Gasteiger partial charge in [0.1, 0.15) is 0 Å². The number of rotatable bonds is 5. The lowest BCUT2D eigenvalue weighted by Gasteiger charge is -2.16. The van der Waals surface area contributed by atoms with E-state index in [4.69, 9.17) is 5.73 Å². The number of halogens is 1. The number of nitrogens with zero attached hydrogens (tertiary/aromatic N) is 4. The fourth-order valence-corrected chi connectivity index (χ4v) is 2.22. The Bertz CT molecular complexity index is 537. The first-order chi connectivity index (χ1) is 10.0. The number of aliphatic imine (C=N–C) groups is 1. The van der Waals surface area contributed by atoms with Crippen LogP contribution in [0.15, 0.2) is 23.2 Å². The second-order valence-electron chi connectivity index (χ2n) is 5.51. The zero-order chi connectivity index (χ0) is 15.2. The third-order valence-corrected chi connectivity index (χ3v) is 3.27. The fraction of sp³-hybridized carbons (Fsp3) is 0.533. The molecule has 0 radical (unpaired) electrons. The van der Waals surface area contributed by atoms with Gasteiger partial charge in [0.05, 0.1) is 12.2 Å². The summed E-state index contributed by atoms with van der Waals surface area (Å²) in [5.74, 6) is 1.23. The van der Waals surface area contributed by atoms with Crippen molar-refractivity contribution in [1.82, 2.24) is 15.3 Å². The number of aryl methyl sites for hydroxylation is 1. The van der Waals surface area contributed by atoms with E-state index in [-0.39, 0.29) is 24.0 Å². The van der Waals surface area contributed by atoms with Crippen LogP contribution < -0.4 is 16.0 Å². The van der Waals surface area contributed by atoms with Gasteiger partial charge >= 0.3 is 0 Å². The van der Waals surface area contributed by atoms with Gasteiger partial charge in [-0.2, -0.15) is 0 Å². The van der Waals surface area contributed by atoms with Gasteiger partial charge < -0.3 is 16.0 Å². The lowest BCUT2D eigenvalue weighted by atomic mass is 10.3. The minimum atomic E-state index is 0. The second kappa shape index (κ2) is 8.92. The van der Waals surface area contributed by atoms with Gasteiger partial charge in [-0.1, -0.05) is 12.2 Å². The molecule has 1 aliphatic rings. The molecule has 2 heterocycles. The monoisotopic (exact) mass is 416 g/mol. The molecule has 1 saturated heterocycles. The molecule has 1 fully saturated rings. The van der Waals surface area contributed by atoms with Crippen LogP contribution in [0.4, 0.5) is 5.95 Å². The molecule has 22 heavy (non-hydrogen) atoms. The van der Waals surface area contributed by atoms with E-state index < -0.39 is 0 Å². The molecular weight excluding hydrogens is 391 g/mol. The minimum Gasteiger partial charge on any atom is -0.370 e. The molecule has 0 bridgehead atoms. The maximum absolute atomic E-state index is 5.81. The molecule has 1 aliphatic heterocycles. The van der Waals surface area contributed by atoms with Gasteiger partial charge in [0, 0.05) is 25.3 Å². The molecule has 0 unspecified atom stereocenters. The van der Waals surface area contributed by atoms with E-state index in [2.05, 4.69) is 31.8 Å². The molecule has 1 aromatic rings. The van der Waals surface area contributed by atoms with Crippen molar-refractivity contribution in [3.05, 3.63) is 29.6 Å². The number of anilines is 1. The van der Waals surface area contributed by atoms with Gasteiger partial charge in [-0.25, -0.2) is 15.0 Å². The topological polar surface area (TPSA) is 79.4 Å². The zero-order valence-electron chi connectivity index (χ0n) is 13.3. The molecule has 1 aromatic heterocycles. The molecule has 0 amide bonds. The van der Waals surface area contributed by atoms with Crippen LogP contribution in [0, 0.1) is 6.92 Å². The molecule has 0 saturated carbocycles. The summed E-state index contributed by atoms with van der Waals surface area (Å²) in [5, 5.41) is 3.01. The smallest absolute Gasteiger partial charge is 0.225 e. The molecule has 3 N–H and O–H groups in total. The summed E-state index contributed by atoms with van der Waals surface area (Å²) < 4.78 is 0. The van der Waals surface area contributed by atoms with Crippen LogP contribution in [0.2, 0.25) is 0 Å². The van der Waals surface area contributed by atoms with Crippen LogP contribution in [0.1, 0.15) is 31.2 Å². The first-order valence-electron chi connectivity index (χ1n) is 7.32. The number of aromatic nitrogens is 2. The third-order valence-electron chi connectivity index (χ3n) is 3.27. The maximum Gasteiger partial charge on any atom is 0.225 e. The Hall–Kier alpha value is -1.38. The molecule has 2 rings (SSSR count).